The van der Waals surface area contributed by atoms with Crippen LogP contribution >= 0.6 is 0 Å². The number of hydrogen-bond acceptors (Lipinski definition) is 2. The van der Waals surface area contributed by atoms with Gasteiger partial charge >= 0.3 is 0 Å². The molecule has 1 aliphatic rings. The Hall–Kier alpha value is -1.05. The highest BCUT2D eigenvalue weighted by molar-refractivity contribution is 5.98. The fraction of sp³-hybridized carbons (Fsp3) is 0.500. The average Bonchev–Trinajstić information content (AvgIpc) is 1.97. The van der Waals surface area contributed by atoms with Crippen molar-refractivity contribution >= 4 is 5.78 Å². The molecule has 0 fully saturated rings. The highest BCUT2D eigenvalue weighted by atomic mass is 16.5. The summed E-state index contributed by atoms with van der Waals surface area (Å²) in [6.07, 6.45) is 3.50. The van der Waals surface area contributed by atoms with Crippen LogP contribution in [0.1, 0.15) is 20.8 Å². The third-order valence-electron chi connectivity index (χ3n) is 2.08. The Balaban J connectivity index is 3.06. The molecule has 0 N–H and O–H groups in total. The van der Waals surface area contributed by atoms with Crippen LogP contribution in [0, 0.1) is 5.41 Å². The van der Waals surface area contributed by atoms with E-state index in [4.69, 9.17) is 4.74 Å². The summed E-state index contributed by atoms with van der Waals surface area (Å²) in [7, 11) is 1.62. The van der Waals surface area contributed by atoms with Crippen LogP contribution in [0.2, 0.25) is 0 Å². The van der Waals surface area contributed by atoms with E-state index in [1.807, 2.05) is 26.8 Å². The fourth-order valence-electron chi connectivity index (χ4n) is 1.19. The SMILES string of the molecule is COC1=CC(C)(C)C(=O)C=C1C. The van der Waals surface area contributed by atoms with Crippen molar-refractivity contribution in [2.45, 2.75) is 20.8 Å². The van der Waals surface area contributed by atoms with Gasteiger partial charge in [-0.25, -0.2) is 0 Å². The zero-order valence-corrected chi connectivity index (χ0v) is 7.97. The molecule has 2 nitrogen and oxygen atoms in total. The molecule has 0 saturated carbocycles. The summed E-state index contributed by atoms with van der Waals surface area (Å²) in [5, 5.41) is 0. The molecule has 0 atom stereocenters. The van der Waals surface area contributed by atoms with Crippen LogP contribution in [-0.2, 0) is 9.53 Å². The molecule has 0 heterocycles. The standard InChI is InChI=1S/C10H14O2/c1-7-5-9(11)10(2,3)6-8(7)12-4/h5-6H,1-4H3. The van der Waals surface area contributed by atoms with Crippen molar-refractivity contribution in [2.75, 3.05) is 7.11 Å². The van der Waals surface area contributed by atoms with Gasteiger partial charge in [0, 0.05) is 5.41 Å². The monoisotopic (exact) mass is 166 g/mol. The number of allylic oxidation sites excluding steroid dienone is 3. The molecule has 0 radical (unpaired) electrons. The molecule has 1 aliphatic carbocycles. The first kappa shape index (κ1) is 9.04. The van der Waals surface area contributed by atoms with Crippen LogP contribution in [0.5, 0.6) is 0 Å². The van der Waals surface area contributed by atoms with Gasteiger partial charge in [-0.3, -0.25) is 4.79 Å². The lowest BCUT2D eigenvalue weighted by Gasteiger charge is -2.23. The van der Waals surface area contributed by atoms with Crippen LogP contribution in [-0.4, -0.2) is 12.9 Å². The summed E-state index contributed by atoms with van der Waals surface area (Å²) in [6.45, 7) is 5.65. The fourth-order valence-corrected chi connectivity index (χ4v) is 1.19. The highest BCUT2D eigenvalue weighted by Crippen LogP contribution is 2.29. The smallest absolute Gasteiger partial charge is 0.165 e. The van der Waals surface area contributed by atoms with E-state index >= 15 is 0 Å². The Morgan fingerprint density at radius 2 is 2.00 bits per heavy atom. The molecule has 12 heavy (non-hydrogen) atoms. The molecular formula is C10H14O2. The lowest BCUT2D eigenvalue weighted by Crippen LogP contribution is -2.24. The average molecular weight is 166 g/mol. The number of rotatable bonds is 1. The highest BCUT2D eigenvalue weighted by Gasteiger charge is 2.28. The van der Waals surface area contributed by atoms with Gasteiger partial charge in [0.25, 0.3) is 0 Å². The maximum Gasteiger partial charge on any atom is 0.165 e. The molecule has 0 spiro atoms. The zero-order valence-electron chi connectivity index (χ0n) is 7.97. The van der Waals surface area contributed by atoms with Gasteiger partial charge in [-0.2, -0.15) is 0 Å². The van der Waals surface area contributed by atoms with Crippen molar-refractivity contribution in [2.24, 2.45) is 5.41 Å². The lowest BCUT2D eigenvalue weighted by molar-refractivity contribution is -0.120. The van der Waals surface area contributed by atoms with E-state index in [-0.39, 0.29) is 5.78 Å². The lowest BCUT2D eigenvalue weighted by atomic mass is 9.82. The second-order valence-corrected chi connectivity index (χ2v) is 3.63. The summed E-state index contributed by atoms with van der Waals surface area (Å²) in [5.74, 6) is 0.945. The van der Waals surface area contributed by atoms with E-state index in [1.165, 1.54) is 0 Å². The van der Waals surface area contributed by atoms with E-state index < -0.39 is 5.41 Å². The molecule has 0 saturated heterocycles. The molecular weight excluding hydrogens is 152 g/mol. The van der Waals surface area contributed by atoms with Gasteiger partial charge in [0.05, 0.1) is 7.11 Å². The second-order valence-electron chi connectivity index (χ2n) is 3.63. The second kappa shape index (κ2) is 2.77. The van der Waals surface area contributed by atoms with Gasteiger partial charge < -0.3 is 4.74 Å². The molecule has 0 bridgehead atoms. The molecule has 0 aliphatic heterocycles. The van der Waals surface area contributed by atoms with E-state index in [9.17, 15) is 4.79 Å². The predicted molar refractivity (Wildman–Crippen MR) is 47.6 cm³/mol. The number of ether oxygens (including phenoxy) is 1. The number of ketones is 1. The van der Waals surface area contributed by atoms with Gasteiger partial charge in [-0.1, -0.05) is 0 Å². The van der Waals surface area contributed by atoms with E-state index in [0.717, 1.165) is 11.3 Å². The minimum atomic E-state index is -0.412. The third-order valence-corrected chi connectivity index (χ3v) is 2.08. The molecule has 2 heteroatoms. The molecule has 0 amide bonds. The van der Waals surface area contributed by atoms with Gasteiger partial charge in [0.1, 0.15) is 5.76 Å². The normalized spacial score (nSPS) is 21.5. The van der Waals surface area contributed by atoms with Crippen molar-refractivity contribution in [3.63, 3.8) is 0 Å². The summed E-state index contributed by atoms with van der Waals surface area (Å²) >= 11 is 0. The van der Waals surface area contributed by atoms with Crippen LogP contribution in [0.15, 0.2) is 23.5 Å². The molecule has 66 valence electrons. The van der Waals surface area contributed by atoms with Crippen LogP contribution in [0.25, 0.3) is 0 Å². The Kier molecular flexibility index (Phi) is 2.09. The van der Waals surface area contributed by atoms with Gasteiger partial charge in [-0.15, -0.1) is 0 Å². The largest absolute Gasteiger partial charge is 0.497 e. The first-order valence-electron chi connectivity index (χ1n) is 3.97. The maximum atomic E-state index is 11.4. The zero-order chi connectivity index (χ0) is 9.35. The Labute approximate surface area is 72.9 Å². The van der Waals surface area contributed by atoms with Crippen molar-refractivity contribution in [3.05, 3.63) is 23.5 Å². The molecule has 1 rings (SSSR count). The van der Waals surface area contributed by atoms with Crippen molar-refractivity contribution in [3.8, 4) is 0 Å². The molecule has 0 aromatic heterocycles. The number of carbonyl (C=O) groups is 1. The van der Waals surface area contributed by atoms with Crippen LogP contribution < -0.4 is 0 Å². The Bertz CT molecular complexity index is 270. The van der Waals surface area contributed by atoms with Crippen molar-refractivity contribution in [1.29, 1.82) is 0 Å². The first-order valence-corrected chi connectivity index (χ1v) is 3.97. The maximum absolute atomic E-state index is 11.4. The number of hydrogen-bond donors (Lipinski definition) is 0. The Morgan fingerprint density at radius 3 is 2.50 bits per heavy atom. The summed E-state index contributed by atoms with van der Waals surface area (Å²) < 4.78 is 5.13. The van der Waals surface area contributed by atoms with Crippen LogP contribution in [0.3, 0.4) is 0 Å². The van der Waals surface area contributed by atoms with E-state index in [1.54, 1.807) is 13.2 Å². The first-order chi connectivity index (χ1) is 5.47. The minimum absolute atomic E-state index is 0.140. The van der Waals surface area contributed by atoms with Gasteiger partial charge in [0.2, 0.25) is 0 Å². The van der Waals surface area contributed by atoms with Crippen molar-refractivity contribution < 1.29 is 9.53 Å². The molecule has 0 aromatic rings. The van der Waals surface area contributed by atoms with Crippen LogP contribution in [0.4, 0.5) is 0 Å². The minimum Gasteiger partial charge on any atom is -0.497 e. The summed E-state index contributed by atoms with van der Waals surface area (Å²) in [5.41, 5.74) is 0.493. The predicted octanol–water partition coefficient (Wildman–Crippen LogP) is 2.07. The van der Waals surface area contributed by atoms with E-state index in [2.05, 4.69) is 0 Å². The van der Waals surface area contributed by atoms with Crippen molar-refractivity contribution in [1.82, 2.24) is 0 Å². The third kappa shape index (κ3) is 1.42. The number of methoxy groups -OCH3 is 1. The number of carbonyl (C=O) groups excluding carboxylic acids is 1. The summed E-state index contributed by atoms with van der Waals surface area (Å²) in [4.78, 5) is 11.4. The van der Waals surface area contributed by atoms with Gasteiger partial charge in [0.15, 0.2) is 5.78 Å². The topological polar surface area (TPSA) is 26.3 Å². The Morgan fingerprint density at radius 1 is 1.42 bits per heavy atom. The van der Waals surface area contributed by atoms with Gasteiger partial charge in [-0.05, 0) is 38.5 Å². The van der Waals surface area contributed by atoms with E-state index in [0.29, 0.717) is 0 Å². The molecule has 0 unspecified atom stereocenters. The molecule has 0 aromatic carbocycles. The summed E-state index contributed by atoms with van der Waals surface area (Å²) in [6, 6.07) is 0. The quantitative estimate of drug-likeness (QED) is 0.596.